The van der Waals surface area contributed by atoms with Crippen LogP contribution in [0.5, 0.6) is 0 Å². The van der Waals surface area contributed by atoms with Crippen molar-refractivity contribution in [3.8, 4) is 0 Å². The highest BCUT2D eigenvalue weighted by atomic mass is 19.1. The molecule has 0 fully saturated rings. The van der Waals surface area contributed by atoms with Gasteiger partial charge in [-0.1, -0.05) is 29.8 Å². The number of carbonyl (C=O) groups excluding carboxylic acids is 1. The maximum absolute atomic E-state index is 13.2. The molecule has 0 radical (unpaired) electrons. The highest BCUT2D eigenvalue weighted by Gasteiger charge is 2.08. The van der Waals surface area contributed by atoms with E-state index in [-0.39, 0.29) is 11.7 Å². The smallest absolute Gasteiger partial charge is 0.256 e. The normalized spacial score (nSPS) is 10.5. The molecular formula is C18H16FN3O. The van der Waals surface area contributed by atoms with Crippen molar-refractivity contribution < 1.29 is 9.18 Å². The molecule has 0 aliphatic heterocycles. The molecule has 3 rings (SSSR count). The number of aryl methyl sites for hydroxylation is 1. The van der Waals surface area contributed by atoms with Crippen LogP contribution in [0.1, 0.15) is 21.5 Å². The Hall–Kier alpha value is -2.95. The first-order chi connectivity index (χ1) is 11.1. The minimum atomic E-state index is -0.275. The van der Waals surface area contributed by atoms with Crippen LogP contribution in [0.15, 0.2) is 60.8 Å². The van der Waals surface area contributed by atoms with Crippen molar-refractivity contribution in [1.29, 1.82) is 0 Å². The van der Waals surface area contributed by atoms with Crippen LogP contribution >= 0.6 is 0 Å². The van der Waals surface area contributed by atoms with Gasteiger partial charge < -0.3 is 5.32 Å². The van der Waals surface area contributed by atoms with Crippen LogP contribution in [0, 0.1) is 12.7 Å². The molecular weight excluding hydrogens is 293 g/mol. The monoisotopic (exact) mass is 309 g/mol. The molecule has 0 aliphatic carbocycles. The third-order valence-electron chi connectivity index (χ3n) is 3.40. The Balaban J connectivity index is 1.68. The van der Waals surface area contributed by atoms with E-state index in [1.807, 2.05) is 31.2 Å². The summed E-state index contributed by atoms with van der Waals surface area (Å²) in [7, 11) is 0. The second-order valence-corrected chi connectivity index (χ2v) is 5.35. The molecule has 2 aromatic carbocycles. The zero-order valence-electron chi connectivity index (χ0n) is 12.7. The van der Waals surface area contributed by atoms with Gasteiger partial charge in [0.05, 0.1) is 6.54 Å². The van der Waals surface area contributed by atoms with Crippen molar-refractivity contribution in [2.45, 2.75) is 13.5 Å². The molecule has 0 atom stereocenters. The van der Waals surface area contributed by atoms with E-state index < -0.39 is 0 Å². The van der Waals surface area contributed by atoms with Gasteiger partial charge in [0.2, 0.25) is 0 Å². The Labute approximate surface area is 133 Å². The predicted octanol–water partition coefficient (Wildman–Crippen LogP) is 3.63. The molecule has 1 aromatic heterocycles. The van der Waals surface area contributed by atoms with E-state index in [2.05, 4.69) is 10.4 Å². The molecule has 1 heterocycles. The van der Waals surface area contributed by atoms with Crippen LogP contribution in [-0.2, 0) is 6.54 Å². The number of anilines is 1. The molecule has 0 unspecified atom stereocenters. The van der Waals surface area contributed by atoms with Gasteiger partial charge in [-0.2, -0.15) is 5.10 Å². The fourth-order valence-electron chi connectivity index (χ4n) is 2.31. The Bertz CT molecular complexity index is 842. The Morgan fingerprint density at radius 2 is 2.00 bits per heavy atom. The fraction of sp³-hybridized carbons (Fsp3) is 0.111. The molecule has 3 aromatic rings. The van der Waals surface area contributed by atoms with Gasteiger partial charge in [-0.25, -0.2) is 4.39 Å². The minimum absolute atomic E-state index is 0.204. The van der Waals surface area contributed by atoms with Crippen molar-refractivity contribution >= 4 is 11.7 Å². The van der Waals surface area contributed by atoms with Crippen molar-refractivity contribution in [1.82, 2.24) is 9.78 Å². The number of amides is 1. The highest BCUT2D eigenvalue weighted by Crippen LogP contribution is 2.10. The minimum Gasteiger partial charge on any atom is -0.305 e. The first kappa shape index (κ1) is 15.0. The third kappa shape index (κ3) is 3.83. The van der Waals surface area contributed by atoms with E-state index in [1.54, 1.807) is 29.1 Å². The van der Waals surface area contributed by atoms with Crippen LogP contribution in [0.4, 0.5) is 10.2 Å². The number of nitrogens with one attached hydrogen (secondary N) is 1. The summed E-state index contributed by atoms with van der Waals surface area (Å²) in [5.74, 6) is -0.0137. The number of benzene rings is 2. The summed E-state index contributed by atoms with van der Waals surface area (Å²) in [4.78, 5) is 12.2. The molecule has 0 bridgehead atoms. The fourth-order valence-corrected chi connectivity index (χ4v) is 2.31. The van der Waals surface area contributed by atoms with E-state index in [4.69, 9.17) is 0 Å². The van der Waals surface area contributed by atoms with E-state index in [9.17, 15) is 9.18 Å². The maximum Gasteiger partial charge on any atom is 0.256 e. The SMILES string of the molecule is Cc1cccc(C(=O)Nc2ccn(Cc3cccc(F)c3)n2)c1. The summed E-state index contributed by atoms with van der Waals surface area (Å²) in [5.41, 5.74) is 2.42. The van der Waals surface area contributed by atoms with Crippen LogP contribution in [0.25, 0.3) is 0 Å². The van der Waals surface area contributed by atoms with Crippen LogP contribution in [0.3, 0.4) is 0 Å². The average molecular weight is 309 g/mol. The van der Waals surface area contributed by atoms with Gasteiger partial charge in [-0.3, -0.25) is 9.48 Å². The number of nitrogens with zero attached hydrogens (tertiary/aromatic N) is 2. The van der Waals surface area contributed by atoms with Gasteiger partial charge in [0.1, 0.15) is 5.82 Å². The van der Waals surface area contributed by atoms with E-state index in [1.165, 1.54) is 12.1 Å². The van der Waals surface area contributed by atoms with Crippen LogP contribution < -0.4 is 5.32 Å². The zero-order chi connectivity index (χ0) is 16.2. The highest BCUT2D eigenvalue weighted by molar-refractivity contribution is 6.03. The van der Waals surface area contributed by atoms with Gasteiger partial charge in [0, 0.05) is 17.8 Å². The summed E-state index contributed by atoms with van der Waals surface area (Å²) in [6.07, 6.45) is 1.75. The number of hydrogen-bond acceptors (Lipinski definition) is 2. The molecule has 0 spiro atoms. The van der Waals surface area contributed by atoms with E-state index in [0.29, 0.717) is 17.9 Å². The van der Waals surface area contributed by atoms with Gasteiger partial charge >= 0.3 is 0 Å². The van der Waals surface area contributed by atoms with Crippen molar-refractivity contribution in [2.24, 2.45) is 0 Å². The lowest BCUT2D eigenvalue weighted by Crippen LogP contribution is -2.13. The zero-order valence-corrected chi connectivity index (χ0v) is 12.7. The lowest BCUT2D eigenvalue weighted by atomic mass is 10.1. The molecule has 1 amide bonds. The molecule has 0 aliphatic rings. The number of rotatable bonds is 4. The maximum atomic E-state index is 13.2. The number of carbonyl (C=O) groups is 1. The van der Waals surface area contributed by atoms with Gasteiger partial charge in [-0.05, 0) is 36.8 Å². The van der Waals surface area contributed by atoms with Gasteiger partial charge in [0.15, 0.2) is 5.82 Å². The van der Waals surface area contributed by atoms with Crippen molar-refractivity contribution in [2.75, 3.05) is 5.32 Å². The van der Waals surface area contributed by atoms with Gasteiger partial charge in [-0.15, -0.1) is 0 Å². The molecule has 0 saturated heterocycles. The summed E-state index contributed by atoms with van der Waals surface area (Å²) in [6.45, 7) is 2.38. The molecule has 5 heteroatoms. The summed E-state index contributed by atoms with van der Waals surface area (Å²) < 4.78 is 14.8. The lowest BCUT2D eigenvalue weighted by Gasteiger charge is -2.04. The number of halogens is 1. The van der Waals surface area contributed by atoms with Gasteiger partial charge in [0.25, 0.3) is 5.91 Å². The molecule has 0 saturated carbocycles. The first-order valence-electron chi connectivity index (χ1n) is 7.26. The first-order valence-corrected chi connectivity index (χ1v) is 7.26. The standard InChI is InChI=1S/C18H16FN3O/c1-13-4-2-6-15(10-13)18(23)20-17-8-9-22(21-17)12-14-5-3-7-16(19)11-14/h2-11H,12H2,1H3,(H,20,21,23). The molecule has 1 N–H and O–H groups in total. The predicted molar refractivity (Wildman–Crippen MR) is 86.9 cm³/mol. The van der Waals surface area contributed by atoms with Crippen LogP contribution in [-0.4, -0.2) is 15.7 Å². The Kier molecular flexibility index (Phi) is 4.19. The Morgan fingerprint density at radius 1 is 1.17 bits per heavy atom. The quantitative estimate of drug-likeness (QED) is 0.800. The number of hydrogen-bond donors (Lipinski definition) is 1. The average Bonchev–Trinajstić information content (AvgIpc) is 2.94. The largest absolute Gasteiger partial charge is 0.305 e. The summed E-state index contributed by atoms with van der Waals surface area (Å²) in [5, 5.41) is 7.04. The van der Waals surface area contributed by atoms with Crippen molar-refractivity contribution in [3.63, 3.8) is 0 Å². The second kappa shape index (κ2) is 6.44. The van der Waals surface area contributed by atoms with E-state index >= 15 is 0 Å². The lowest BCUT2D eigenvalue weighted by molar-refractivity contribution is 0.102. The Morgan fingerprint density at radius 3 is 2.78 bits per heavy atom. The second-order valence-electron chi connectivity index (χ2n) is 5.35. The van der Waals surface area contributed by atoms with Crippen molar-refractivity contribution in [3.05, 3.63) is 83.3 Å². The summed E-state index contributed by atoms with van der Waals surface area (Å²) >= 11 is 0. The number of aromatic nitrogens is 2. The summed E-state index contributed by atoms with van der Waals surface area (Å²) in [6, 6.07) is 15.4. The molecule has 4 nitrogen and oxygen atoms in total. The van der Waals surface area contributed by atoms with Crippen LogP contribution in [0.2, 0.25) is 0 Å². The molecule has 116 valence electrons. The third-order valence-corrected chi connectivity index (χ3v) is 3.40. The topological polar surface area (TPSA) is 46.9 Å². The molecule has 23 heavy (non-hydrogen) atoms. The van der Waals surface area contributed by atoms with E-state index in [0.717, 1.165) is 11.1 Å².